The van der Waals surface area contributed by atoms with E-state index in [0.29, 0.717) is 38.8 Å². The first kappa shape index (κ1) is 32.8. The van der Waals surface area contributed by atoms with E-state index in [4.69, 9.17) is 20.9 Å². The third-order valence-electron chi connectivity index (χ3n) is 9.98. The molecule has 2 aliphatic rings. The van der Waals surface area contributed by atoms with Crippen LogP contribution in [0.4, 0.5) is 28.4 Å². The van der Waals surface area contributed by atoms with Crippen LogP contribution in [0.2, 0.25) is 0 Å². The SMILES string of the molecule is Cc1c(C)c(/N=c2\ccc3c(-c4ccccc4S(=O)(=O)O)c4ccc(Nc5c(C)c(C)c(N)c(C)c5C)cc4oc-3c2)c(C)c(C)c1N. The lowest BCUT2D eigenvalue weighted by Crippen LogP contribution is -2.06. The van der Waals surface area contributed by atoms with Gasteiger partial charge in [-0.15, -0.1) is 0 Å². The maximum absolute atomic E-state index is 12.6. The summed E-state index contributed by atoms with van der Waals surface area (Å²) in [5.41, 5.74) is 27.2. The van der Waals surface area contributed by atoms with Crippen LogP contribution in [-0.4, -0.2) is 13.0 Å². The lowest BCUT2D eigenvalue weighted by molar-refractivity contribution is 0.483. The van der Waals surface area contributed by atoms with Crippen molar-refractivity contribution in [2.75, 3.05) is 16.8 Å². The molecule has 0 radical (unpaired) electrons. The first-order valence-electron chi connectivity index (χ1n) is 15.7. The highest BCUT2D eigenvalue weighted by Gasteiger charge is 2.24. The van der Waals surface area contributed by atoms with Crippen LogP contribution in [0.3, 0.4) is 0 Å². The zero-order valence-corrected chi connectivity index (χ0v) is 29.3. The number of nitrogen functional groups attached to an aromatic ring is 2. The predicted molar refractivity (Wildman–Crippen MR) is 196 cm³/mol. The number of hydrogen-bond donors (Lipinski definition) is 4. The molecule has 4 aromatic carbocycles. The number of rotatable bonds is 5. The summed E-state index contributed by atoms with van der Waals surface area (Å²) >= 11 is 0. The second-order valence-corrected chi connectivity index (χ2v) is 14.0. The van der Waals surface area contributed by atoms with E-state index in [-0.39, 0.29) is 4.90 Å². The number of nitrogens with two attached hydrogens (primary N) is 2. The van der Waals surface area contributed by atoms with Crippen LogP contribution in [0.25, 0.3) is 33.4 Å². The lowest BCUT2D eigenvalue weighted by atomic mass is 9.93. The summed E-state index contributed by atoms with van der Waals surface area (Å²) < 4.78 is 42.0. The van der Waals surface area contributed by atoms with Crippen molar-refractivity contribution in [1.82, 2.24) is 0 Å². The Morgan fingerprint density at radius 2 is 1.27 bits per heavy atom. The molecule has 1 aliphatic carbocycles. The van der Waals surface area contributed by atoms with Gasteiger partial charge in [0.05, 0.1) is 11.0 Å². The van der Waals surface area contributed by atoms with E-state index in [9.17, 15) is 13.0 Å². The van der Waals surface area contributed by atoms with Gasteiger partial charge in [-0.05, 0) is 130 Å². The molecule has 0 saturated carbocycles. The molecule has 4 aromatic rings. The Labute approximate surface area is 281 Å². The maximum atomic E-state index is 12.6. The van der Waals surface area contributed by atoms with Gasteiger partial charge in [-0.25, -0.2) is 4.99 Å². The molecule has 0 unspecified atom stereocenters. The quantitative estimate of drug-likeness (QED) is 0.0820. The zero-order valence-electron chi connectivity index (χ0n) is 28.5. The van der Waals surface area contributed by atoms with Crippen molar-refractivity contribution >= 4 is 49.5 Å². The highest BCUT2D eigenvalue weighted by Crippen LogP contribution is 2.43. The molecule has 48 heavy (non-hydrogen) atoms. The van der Waals surface area contributed by atoms with Gasteiger partial charge in [0.15, 0.2) is 0 Å². The van der Waals surface area contributed by atoms with E-state index < -0.39 is 10.1 Å². The molecule has 8 nitrogen and oxygen atoms in total. The number of nitrogens with one attached hydrogen (secondary N) is 1. The summed E-state index contributed by atoms with van der Waals surface area (Å²) in [6.45, 7) is 16.1. The van der Waals surface area contributed by atoms with Crippen LogP contribution in [0.1, 0.15) is 44.5 Å². The van der Waals surface area contributed by atoms with Gasteiger partial charge in [-0.1, -0.05) is 18.2 Å². The Morgan fingerprint density at radius 1 is 0.688 bits per heavy atom. The van der Waals surface area contributed by atoms with Crippen molar-refractivity contribution in [3.05, 3.63) is 111 Å². The van der Waals surface area contributed by atoms with E-state index in [1.807, 2.05) is 91.8 Å². The summed E-state index contributed by atoms with van der Waals surface area (Å²) in [4.78, 5) is 4.85. The van der Waals surface area contributed by atoms with Crippen molar-refractivity contribution in [1.29, 1.82) is 0 Å². The first-order chi connectivity index (χ1) is 22.6. The van der Waals surface area contributed by atoms with Gasteiger partial charge in [-0.3, -0.25) is 4.55 Å². The lowest BCUT2D eigenvalue weighted by Gasteiger charge is -2.21. The van der Waals surface area contributed by atoms with Crippen LogP contribution >= 0.6 is 0 Å². The standard InChI is InChI=1S/C39H40N4O4S/c1-19-23(5)38(24(6)20(2)36(19)40)42-27-13-15-29-32(17-27)47-33-18-28(43-39-25(7)21(3)37(41)22(4)26(39)8)14-16-30(33)35(29)31-11-9-10-12-34(31)48(44,45)46/h9-18,42H,40-41H2,1-8H3,(H,44,45,46)/b43-28+. The Hall–Kier alpha value is -5.12. The topological polar surface area (TPSA) is 144 Å². The number of anilines is 4. The molecule has 0 bridgehead atoms. The molecule has 0 aromatic heterocycles. The summed E-state index contributed by atoms with van der Waals surface area (Å²) in [6.07, 6.45) is 0. The Bertz CT molecular complexity index is 2400. The van der Waals surface area contributed by atoms with Gasteiger partial charge in [0.1, 0.15) is 16.2 Å². The molecular weight excluding hydrogens is 621 g/mol. The van der Waals surface area contributed by atoms with E-state index in [0.717, 1.165) is 72.9 Å². The summed E-state index contributed by atoms with van der Waals surface area (Å²) in [6, 6.07) is 17.8. The fraction of sp³-hybridized carbons (Fsp3) is 0.205. The van der Waals surface area contributed by atoms with E-state index in [2.05, 4.69) is 5.32 Å². The first-order valence-corrected chi connectivity index (χ1v) is 17.1. The van der Waals surface area contributed by atoms with Gasteiger partial charge >= 0.3 is 0 Å². The van der Waals surface area contributed by atoms with Gasteiger partial charge in [0.2, 0.25) is 0 Å². The molecule has 6 rings (SSSR count). The average Bonchev–Trinajstić information content (AvgIpc) is 3.06. The van der Waals surface area contributed by atoms with E-state index >= 15 is 0 Å². The molecule has 1 heterocycles. The summed E-state index contributed by atoms with van der Waals surface area (Å²) in [7, 11) is -4.54. The van der Waals surface area contributed by atoms with Crippen molar-refractivity contribution in [3.8, 4) is 22.5 Å². The van der Waals surface area contributed by atoms with Crippen LogP contribution in [0, 0.1) is 55.4 Å². The molecule has 0 spiro atoms. The minimum absolute atomic E-state index is 0.187. The molecule has 0 saturated heterocycles. The fourth-order valence-electron chi connectivity index (χ4n) is 6.51. The van der Waals surface area contributed by atoms with E-state index in [1.54, 1.807) is 18.2 Å². The molecule has 0 amide bonds. The Balaban J connectivity index is 1.64. The molecule has 246 valence electrons. The van der Waals surface area contributed by atoms with Gasteiger partial charge in [0.25, 0.3) is 10.1 Å². The van der Waals surface area contributed by atoms with Crippen LogP contribution in [0.5, 0.6) is 0 Å². The minimum atomic E-state index is -4.54. The number of benzene rings is 5. The molecule has 0 atom stereocenters. The highest BCUT2D eigenvalue weighted by molar-refractivity contribution is 7.86. The normalized spacial score (nSPS) is 12.3. The predicted octanol–water partition coefficient (Wildman–Crippen LogP) is 9.06. The monoisotopic (exact) mass is 660 g/mol. The fourth-order valence-corrected chi connectivity index (χ4v) is 7.20. The van der Waals surface area contributed by atoms with Gasteiger partial charge < -0.3 is 21.2 Å². The summed E-state index contributed by atoms with van der Waals surface area (Å²) in [5, 5.41) is 4.93. The number of nitrogens with zero attached hydrogens (tertiary/aromatic N) is 1. The van der Waals surface area contributed by atoms with E-state index in [1.165, 1.54) is 6.07 Å². The third-order valence-corrected chi connectivity index (χ3v) is 10.9. The molecule has 6 N–H and O–H groups in total. The average molecular weight is 661 g/mol. The van der Waals surface area contributed by atoms with Gasteiger partial charge in [0, 0.05) is 57.0 Å². The van der Waals surface area contributed by atoms with Crippen molar-refractivity contribution in [3.63, 3.8) is 0 Å². The van der Waals surface area contributed by atoms with Crippen molar-refractivity contribution in [2.45, 2.75) is 60.3 Å². The maximum Gasteiger partial charge on any atom is 0.295 e. The summed E-state index contributed by atoms with van der Waals surface area (Å²) in [5.74, 6) is 0.506. The van der Waals surface area contributed by atoms with Crippen LogP contribution in [0.15, 0.2) is 75.0 Å². The Morgan fingerprint density at radius 3 is 1.88 bits per heavy atom. The molecule has 9 heteroatoms. The zero-order chi connectivity index (χ0) is 34.8. The molecule has 0 fully saturated rings. The second-order valence-electron chi connectivity index (χ2n) is 12.6. The van der Waals surface area contributed by atoms with Crippen LogP contribution < -0.4 is 22.1 Å². The van der Waals surface area contributed by atoms with Crippen molar-refractivity contribution < 1.29 is 17.4 Å². The highest BCUT2D eigenvalue weighted by atomic mass is 32.2. The third kappa shape index (κ3) is 5.38. The largest absolute Gasteiger partial charge is 0.456 e. The van der Waals surface area contributed by atoms with Crippen LogP contribution in [-0.2, 0) is 10.1 Å². The number of hydrogen-bond acceptors (Lipinski definition) is 7. The molecule has 1 aliphatic heterocycles. The molecular formula is C39H40N4O4S. The number of fused-ring (bicyclic) bond motifs is 2. The second kappa shape index (κ2) is 11.8. The van der Waals surface area contributed by atoms with Crippen molar-refractivity contribution in [2.24, 2.45) is 4.99 Å². The minimum Gasteiger partial charge on any atom is -0.456 e. The smallest absolute Gasteiger partial charge is 0.295 e. The Kier molecular flexibility index (Phi) is 8.09. The van der Waals surface area contributed by atoms with Gasteiger partial charge in [-0.2, -0.15) is 8.42 Å².